The normalized spacial score (nSPS) is 18.2. The van der Waals surface area contributed by atoms with Gasteiger partial charge in [0.25, 0.3) is 5.91 Å². The van der Waals surface area contributed by atoms with Gasteiger partial charge >= 0.3 is 6.03 Å². The highest BCUT2D eigenvalue weighted by Gasteiger charge is 2.49. The third-order valence-electron chi connectivity index (χ3n) is 5.80. The molecule has 1 atom stereocenters. The van der Waals surface area contributed by atoms with Crippen LogP contribution in [0.3, 0.4) is 0 Å². The van der Waals surface area contributed by atoms with Crippen LogP contribution in [0.25, 0.3) is 5.69 Å². The fraction of sp³-hybridized carbons (Fsp3) is 0.208. The molecule has 6 nitrogen and oxygen atoms in total. The maximum absolute atomic E-state index is 13.7. The molecule has 3 amide bonds. The molecule has 32 heavy (non-hydrogen) atoms. The van der Waals surface area contributed by atoms with E-state index in [-0.39, 0.29) is 0 Å². The van der Waals surface area contributed by atoms with Crippen LogP contribution in [0.5, 0.6) is 0 Å². The summed E-state index contributed by atoms with van der Waals surface area (Å²) < 4.78 is 28.7. The first-order valence-electron chi connectivity index (χ1n) is 10.00. The standard InChI is InChI=1S/C24H21F2N3O3/c1-14-11-20(15(2)29(14)19-6-4-5-18(26)12-19)21(30)13-28-22(31)24(3,27-23(28)32)16-7-9-17(25)10-8-16/h4-12H,13H2,1-3H3,(H,27,32). The zero-order chi connectivity index (χ0) is 23.2. The van der Waals surface area contributed by atoms with E-state index in [9.17, 15) is 23.2 Å². The predicted molar refractivity (Wildman–Crippen MR) is 114 cm³/mol. The SMILES string of the molecule is Cc1cc(C(=O)CN2C(=O)NC(C)(c3ccc(F)cc3)C2=O)c(C)n1-c1cccc(F)c1. The van der Waals surface area contributed by atoms with Crippen molar-refractivity contribution in [1.29, 1.82) is 0 Å². The molecule has 0 aliphatic carbocycles. The number of amides is 3. The van der Waals surface area contributed by atoms with Crippen LogP contribution in [-0.4, -0.2) is 33.7 Å². The van der Waals surface area contributed by atoms with E-state index in [1.165, 1.54) is 43.3 Å². The number of halogens is 2. The van der Waals surface area contributed by atoms with Crippen molar-refractivity contribution in [3.8, 4) is 5.69 Å². The van der Waals surface area contributed by atoms with Gasteiger partial charge < -0.3 is 9.88 Å². The molecule has 2 heterocycles. The van der Waals surface area contributed by atoms with Gasteiger partial charge in [0.15, 0.2) is 5.78 Å². The molecule has 0 saturated carbocycles. The number of aromatic nitrogens is 1. The smallest absolute Gasteiger partial charge is 0.319 e. The number of hydrogen-bond acceptors (Lipinski definition) is 3. The number of imide groups is 1. The quantitative estimate of drug-likeness (QED) is 0.484. The molecule has 0 bridgehead atoms. The Balaban J connectivity index is 1.61. The van der Waals surface area contributed by atoms with E-state index < -0.39 is 41.4 Å². The molecule has 4 rings (SSSR count). The average Bonchev–Trinajstić information content (AvgIpc) is 3.16. The Morgan fingerprint density at radius 3 is 2.34 bits per heavy atom. The van der Waals surface area contributed by atoms with Crippen LogP contribution in [0.4, 0.5) is 13.6 Å². The van der Waals surface area contributed by atoms with Crippen LogP contribution < -0.4 is 5.32 Å². The van der Waals surface area contributed by atoms with Gasteiger partial charge in [-0.05, 0) is 62.7 Å². The number of urea groups is 1. The van der Waals surface area contributed by atoms with Crippen LogP contribution in [0, 0.1) is 25.5 Å². The van der Waals surface area contributed by atoms with E-state index in [0.717, 1.165) is 4.90 Å². The van der Waals surface area contributed by atoms with Gasteiger partial charge in [-0.2, -0.15) is 0 Å². The molecule has 3 aromatic rings. The Labute approximate surface area is 183 Å². The number of aryl methyl sites for hydroxylation is 1. The van der Waals surface area contributed by atoms with Crippen molar-refractivity contribution in [2.24, 2.45) is 0 Å². The van der Waals surface area contributed by atoms with Crippen molar-refractivity contribution in [3.63, 3.8) is 0 Å². The second-order valence-corrected chi connectivity index (χ2v) is 7.98. The van der Waals surface area contributed by atoms with E-state index in [1.807, 2.05) is 0 Å². The van der Waals surface area contributed by atoms with Crippen molar-refractivity contribution < 1.29 is 23.2 Å². The zero-order valence-corrected chi connectivity index (χ0v) is 17.8. The molecular formula is C24H21F2N3O3. The molecule has 2 aromatic carbocycles. The second-order valence-electron chi connectivity index (χ2n) is 7.98. The van der Waals surface area contributed by atoms with E-state index in [0.29, 0.717) is 28.2 Å². The summed E-state index contributed by atoms with van der Waals surface area (Å²) in [6, 6.07) is 12.2. The number of carbonyl (C=O) groups is 3. The summed E-state index contributed by atoms with van der Waals surface area (Å²) in [5, 5.41) is 2.60. The Hall–Kier alpha value is -3.81. The first-order valence-corrected chi connectivity index (χ1v) is 10.00. The first kappa shape index (κ1) is 21.4. The van der Waals surface area contributed by atoms with Crippen LogP contribution in [0.15, 0.2) is 54.6 Å². The summed E-state index contributed by atoms with van der Waals surface area (Å²) in [6.45, 7) is 4.57. The fourth-order valence-corrected chi connectivity index (χ4v) is 4.11. The van der Waals surface area contributed by atoms with Gasteiger partial charge in [0, 0.05) is 22.6 Å². The lowest BCUT2D eigenvalue weighted by atomic mass is 9.92. The first-order chi connectivity index (χ1) is 15.1. The number of rotatable bonds is 5. The Kier molecular flexibility index (Phi) is 5.16. The van der Waals surface area contributed by atoms with Crippen LogP contribution in [-0.2, 0) is 10.3 Å². The maximum atomic E-state index is 13.7. The van der Waals surface area contributed by atoms with E-state index in [2.05, 4.69) is 5.32 Å². The molecule has 1 aliphatic rings. The van der Waals surface area contributed by atoms with Crippen LogP contribution in [0.1, 0.15) is 34.2 Å². The van der Waals surface area contributed by atoms with Gasteiger partial charge in [0.05, 0.1) is 6.54 Å². The van der Waals surface area contributed by atoms with Crippen molar-refractivity contribution in [3.05, 3.63) is 88.7 Å². The third kappa shape index (κ3) is 3.47. The summed E-state index contributed by atoms with van der Waals surface area (Å²) in [7, 11) is 0. The summed E-state index contributed by atoms with van der Waals surface area (Å²) in [5.74, 6) is -1.88. The number of nitrogens with one attached hydrogen (secondary N) is 1. The lowest BCUT2D eigenvalue weighted by molar-refractivity contribution is -0.130. The highest BCUT2D eigenvalue weighted by molar-refractivity contribution is 6.11. The minimum atomic E-state index is -1.40. The number of carbonyl (C=O) groups excluding carboxylic acids is 3. The number of hydrogen-bond donors (Lipinski definition) is 1. The van der Waals surface area contributed by atoms with Gasteiger partial charge in [0.1, 0.15) is 17.2 Å². The van der Waals surface area contributed by atoms with Gasteiger partial charge in [-0.25, -0.2) is 13.6 Å². The van der Waals surface area contributed by atoms with Gasteiger partial charge in [-0.1, -0.05) is 18.2 Å². The monoisotopic (exact) mass is 437 g/mol. The molecule has 1 aliphatic heterocycles. The molecule has 1 aromatic heterocycles. The highest BCUT2D eigenvalue weighted by atomic mass is 19.1. The van der Waals surface area contributed by atoms with E-state index in [4.69, 9.17) is 0 Å². The lowest BCUT2D eigenvalue weighted by Gasteiger charge is -2.22. The number of Topliss-reactive ketones (excluding diaryl/α,β-unsaturated/α-hetero) is 1. The molecule has 0 radical (unpaired) electrons. The summed E-state index contributed by atoms with van der Waals surface area (Å²) in [6.07, 6.45) is 0. The molecule has 164 valence electrons. The van der Waals surface area contributed by atoms with Gasteiger partial charge in [-0.15, -0.1) is 0 Å². The third-order valence-corrected chi connectivity index (χ3v) is 5.80. The average molecular weight is 437 g/mol. The predicted octanol–water partition coefficient (Wildman–Crippen LogP) is 4.02. The minimum Gasteiger partial charge on any atom is -0.319 e. The Bertz CT molecular complexity index is 1250. The second kappa shape index (κ2) is 7.71. The highest BCUT2D eigenvalue weighted by Crippen LogP contribution is 2.29. The summed E-state index contributed by atoms with van der Waals surface area (Å²) in [5.41, 5.74) is 1.21. The van der Waals surface area contributed by atoms with Crippen molar-refractivity contribution in [2.75, 3.05) is 6.54 Å². The Morgan fingerprint density at radius 1 is 1.00 bits per heavy atom. The van der Waals surface area contributed by atoms with E-state index in [1.54, 1.807) is 36.6 Å². The topological polar surface area (TPSA) is 71.4 Å². The largest absolute Gasteiger partial charge is 0.325 e. The zero-order valence-electron chi connectivity index (χ0n) is 17.8. The van der Waals surface area contributed by atoms with Crippen molar-refractivity contribution in [2.45, 2.75) is 26.3 Å². The molecular weight excluding hydrogens is 416 g/mol. The lowest BCUT2D eigenvalue weighted by Crippen LogP contribution is -2.41. The molecule has 8 heteroatoms. The molecule has 1 N–H and O–H groups in total. The summed E-state index contributed by atoms with van der Waals surface area (Å²) >= 11 is 0. The van der Waals surface area contributed by atoms with Gasteiger partial charge in [-0.3, -0.25) is 14.5 Å². The Morgan fingerprint density at radius 2 is 1.69 bits per heavy atom. The van der Waals surface area contributed by atoms with Crippen molar-refractivity contribution >= 4 is 17.7 Å². The van der Waals surface area contributed by atoms with E-state index >= 15 is 0 Å². The maximum Gasteiger partial charge on any atom is 0.325 e. The minimum absolute atomic E-state index is 0.336. The molecule has 1 unspecified atom stereocenters. The molecule has 1 saturated heterocycles. The van der Waals surface area contributed by atoms with Crippen LogP contribution >= 0.6 is 0 Å². The molecule has 0 spiro atoms. The van der Waals surface area contributed by atoms with Gasteiger partial charge in [0.2, 0.25) is 0 Å². The fourth-order valence-electron chi connectivity index (χ4n) is 4.11. The van der Waals surface area contributed by atoms with Crippen LogP contribution in [0.2, 0.25) is 0 Å². The molecule has 1 fully saturated rings. The number of nitrogens with zero attached hydrogens (tertiary/aromatic N) is 2. The summed E-state index contributed by atoms with van der Waals surface area (Å²) in [4.78, 5) is 39.5. The number of benzene rings is 2. The van der Waals surface area contributed by atoms with Crippen molar-refractivity contribution in [1.82, 2.24) is 14.8 Å². The number of ketones is 1.